The zero-order valence-corrected chi connectivity index (χ0v) is 11.9. The van der Waals surface area contributed by atoms with Crippen LogP contribution in [0.5, 0.6) is 0 Å². The largest absolute Gasteiger partial charge is 0.508 e. The summed E-state index contributed by atoms with van der Waals surface area (Å²) in [5, 5.41) is 2.06. The molecule has 0 aromatic heterocycles. The molecular formula is C12H19F2NO5. The Bertz CT molecular complexity index is 381. The molecule has 0 spiro atoms. The Kier molecular flexibility index (Phi) is 4.77. The van der Waals surface area contributed by atoms with Crippen LogP contribution in [0.15, 0.2) is 0 Å². The number of ether oxygens (including phenoxy) is 3. The summed E-state index contributed by atoms with van der Waals surface area (Å²) in [7, 11) is 1.08. The van der Waals surface area contributed by atoms with Crippen molar-refractivity contribution < 1.29 is 32.6 Å². The molecule has 1 amide bonds. The third kappa shape index (κ3) is 4.50. The number of nitrogens with one attached hydrogen (secondary N) is 1. The maximum Gasteiger partial charge on any atom is 0.508 e. The Hall–Kier alpha value is -1.60. The van der Waals surface area contributed by atoms with Crippen molar-refractivity contribution >= 4 is 12.2 Å². The van der Waals surface area contributed by atoms with Gasteiger partial charge in [0, 0.05) is 6.42 Å². The highest BCUT2D eigenvalue weighted by atomic mass is 19.3. The standard InChI is InChI=1S/C12H19F2NO5/c1-11(2,3)20-9(16)15-8-7(19-10(17)18-4)5-6-12(8,13)14/h7-8H,5-6H2,1-4H3,(H,15,16). The van der Waals surface area contributed by atoms with E-state index in [1.165, 1.54) is 0 Å². The van der Waals surface area contributed by atoms with Crippen LogP contribution in [-0.4, -0.2) is 43.0 Å². The predicted octanol–water partition coefficient (Wildman–Crippen LogP) is 2.46. The van der Waals surface area contributed by atoms with Crippen LogP contribution in [0.1, 0.15) is 33.6 Å². The molecule has 1 rings (SSSR count). The molecule has 116 valence electrons. The van der Waals surface area contributed by atoms with E-state index in [2.05, 4.69) is 10.1 Å². The van der Waals surface area contributed by atoms with Crippen molar-refractivity contribution in [3.05, 3.63) is 0 Å². The number of hydrogen-bond donors (Lipinski definition) is 1. The SMILES string of the molecule is COC(=O)OC1CCC(F)(F)C1NC(=O)OC(C)(C)C. The fourth-order valence-electron chi connectivity index (χ4n) is 1.86. The van der Waals surface area contributed by atoms with E-state index in [0.29, 0.717) is 0 Å². The number of carbonyl (C=O) groups is 2. The van der Waals surface area contributed by atoms with Gasteiger partial charge in [-0.05, 0) is 27.2 Å². The van der Waals surface area contributed by atoms with Crippen LogP contribution in [0.4, 0.5) is 18.4 Å². The number of carbonyl (C=O) groups excluding carboxylic acids is 2. The molecule has 0 aromatic carbocycles. The van der Waals surface area contributed by atoms with E-state index in [-0.39, 0.29) is 6.42 Å². The van der Waals surface area contributed by atoms with E-state index in [1.54, 1.807) is 20.8 Å². The summed E-state index contributed by atoms with van der Waals surface area (Å²) in [5.41, 5.74) is -0.809. The first-order valence-electron chi connectivity index (χ1n) is 6.17. The fourth-order valence-corrected chi connectivity index (χ4v) is 1.86. The second-order valence-corrected chi connectivity index (χ2v) is 5.53. The molecule has 0 radical (unpaired) electrons. The minimum Gasteiger partial charge on any atom is -0.444 e. The third-order valence-corrected chi connectivity index (χ3v) is 2.68. The lowest BCUT2D eigenvalue weighted by molar-refractivity contribution is -0.0493. The lowest BCUT2D eigenvalue weighted by atomic mass is 10.1. The van der Waals surface area contributed by atoms with Crippen LogP contribution in [0, 0.1) is 0 Å². The lowest BCUT2D eigenvalue weighted by Gasteiger charge is -2.27. The van der Waals surface area contributed by atoms with Gasteiger partial charge in [-0.25, -0.2) is 18.4 Å². The predicted molar refractivity (Wildman–Crippen MR) is 64.6 cm³/mol. The second-order valence-electron chi connectivity index (χ2n) is 5.53. The monoisotopic (exact) mass is 295 g/mol. The van der Waals surface area contributed by atoms with Gasteiger partial charge in [0.05, 0.1) is 7.11 Å². The number of alkyl carbamates (subject to hydrolysis) is 1. The van der Waals surface area contributed by atoms with Crippen molar-refractivity contribution in [1.82, 2.24) is 5.32 Å². The highest BCUT2D eigenvalue weighted by Crippen LogP contribution is 2.37. The molecule has 1 N–H and O–H groups in total. The fraction of sp³-hybridized carbons (Fsp3) is 0.833. The summed E-state index contributed by atoms with van der Waals surface area (Å²) in [5.74, 6) is -3.17. The summed E-state index contributed by atoms with van der Waals surface area (Å²) < 4.78 is 41.3. The number of amides is 1. The number of hydrogen-bond acceptors (Lipinski definition) is 5. The van der Waals surface area contributed by atoms with Gasteiger partial charge in [0.2, 0.25) is 0 Å². The van der Waals surface area contributed by atoms with Crippen molar-refractivity contribution in [1.29, 1.82) is 0 Å². The molecule has 0 saturated heterocycles. The van der Waals surface area contributed by atoms with Gasteiger partial charge in [-0.2, -0.15) is 0 Å². The van der Waals surface area contributed by atoms with Crippen LogP contribution in [0.2, 0.25) is 0 Å². The van der Waals surface area contributed by atoms with Crippen molar-refractivity contribution in [3.8, 4) is 0 Å². The van der Waals surface area contributed by atoms with Crippen LogP contribution in [0.25, 0.3) is 0 Å². The molecule has 0 aromatic rings. The van der Waals surface area contributed by atoms with E-state index in [4.69, 9.17) is 9.47 Å². The number of rotatable bonds is 2. The molecule has 0 heterocycles. The maximum atomic E-state index is 13.7. The Morgan fingerprint density at radius 1 is 1.30 bits per heavy atom. The molecule has 2 unspecified atom stereocenters. The molecule has 6 nitrogen and oxygen atoms in total. The second kappa shape index (κ2) is 5.80. The quantitative estimate of drug-likeness (QED) is 0.792. The minimum absolute atomic E-state index is 0.0669. The van der Waals surface area contributed by atoms with Gasteiger partial charge in [0.25, 0.3) is 5.92 Å². The first kappa shape index (κ1) is 16.5. The number of halogens is 2. The van der Waals surface area contributed by atoms with Crippen molar-refractivity contribution in [2.75, 3.05) is 7.11 Å². The van der Waals surface area contributed by atoms with Crippen LogP contribution < -0.4 is 5.32 Å². The van der Waals surface area contributed by atoms with Crippen LogP contribution >= 0.6 is 0 Å². The molecule has 1 aliphatic carbocycles. The van der Waals surface area contributed by atoms with E-state index in [1.807, 2.05) is 0 Å². The molecule has 8 heteroatoms. The van der Waals surface area contributed by atoms with Gasteiger partial charge in [-0.15, -0.1) is 0 Å². The molecule has 1 saturated carbocycles. The molecule has 0 aliphatic heterocycles. The Morgan fingerprint density at radius 3 is 2.40 bits per heavy atom. The molecule has 1 fully saturated rings. The molecule has 20 heavy (non-hydrogen) atoms. The van der Waals surface area contributed by atoms with E-state index < -0.39 is 42.3 Å². The average Bonchev–Trinajstić information content (AvgIpc) is 2.53. The number of alkyl halides is 2. The van der Waals surface area contributed by atoms with Gasteiger partial charge in [-0.1, -0.05) is 0 Å². The molecule has 2 atom stereocenters. The summed E-state index contributed by atoms with van der Waals surface area (Å²) in [4.78, 5) is 22.6. The topological polar surface area (TPSA) is 73.9 Å². The van der Waals surface area contributed by atoms with Crippen molar-refractivity contribution in [2.24, 2.45) is 0 Å². The third-order valence-electron chi connectivity index (χ3n) is 2.68. The first-order chi connectivity index (χ1) is 9.05. The normalized spacial score (nSPS) is 24.9. The summed E-state index contributed by atoms with van der Waals surface area (Å²) in [6.45, 7) is 4.84. The number of methoxy groups -OCH3 is 1. The van der Waals surface area contributed by atoms with E-state index in [9.17, 15) is 18.4 Å². The van der Waals surface area contributed by atoms with E-state index >= 15 is 0 Å². The van der Waals surface area contributed by atoms with Gasteiger partial charge in [0.15, 0.2) is 0 Å². The van der Waals surface area contributed by atoms with Crippen molar-refractivity contribution in [3.63, 3.8) is 0 Å². The van der Waals surface area contributed by atoms with Gasteiger partial charge in [0.1, 0.15) is 17.7 Å². The smallest absolute Gasteiger partial charge is 0.444 e. The summed E-state index contributed by atoms with van der Waals surface area (Å²) >= 11 is 0. The first-order valence-corrected chi connectivity index (χ1v) is 6.17. The van der Waals surface area contributed by atoms with Gasteiger partial charge < -0.3 is 19.5 Å². The minimum atomic E-state index is -3.17. The highest BCUT2D eigenvalue weighted by Gasteiger charge is 2.53. The maximum absolute atomic E-state index is 13.7. The zero-order chi connectivity index (χ0) is 15.6. The van der Waals surface area contributed by atoms with Crippen LogP contribution in [-0.2, 0) is 14.2 Å². The summed E-state index contributed by atoms with van der Waals surface area (Å²) in [6, 6.07) is -1.63. The molecular weight excluding hydrogens is 276 g/mol. The molecule has 0 bridgehead atoms. The average molecular weight is 295 g/mol. The lowest BCUT2D eigenvalue weighted by Crippen LogP contribution is -2.51. The van der Waals surface area contributed by atoms with Crippen molar-refractivity contribution in [2.45, 2.75) is 57.3 Å². The Balaban J connectivity index is 2.70. The zero-order valence-electron chi connectivity index (χ0n) is 11.9. The highest BCUT2D eigenvalue weighted by molar-refractivity contribution is 5.68. The Morgan fingerprint density at radius 2 is 1.90 bits per heavy atom. The van der Waals surface area contributed by atoms with Crippen LogP contribution in [0.3, 0.4) is 0 Å². The van der Waals surface area contributed by atoms with Gasteiger partial charge >= 0.3 is 12.2 Å². The van der Waals surface area contributed by atoms with Gasteiger partial charge in [-0.3, -0.25) is 0 Å². The summed E-state index contributed by atoms with van der Waals surface area (Å²) in [6.07, 6.45) is -3.76. The Labute approximate surface area is 115 Å². The van der Waals surface area contributed by atoms with E-state index in [0.717, 1.165) is 7.11 Å². The molecule has 1 aliphatic rings.